The van der Waals surface area contributed by atoms with Crippen LogP contribution >= 0.6 is 0 Å². The fraction of sp³-hybridized carbons (Fsp3) is 0.462. The molecule has 2 aromatic rings. The van der Waals surface area contributed by atoms with Crippen LogP contribution in [0.2, 0.25) is 0 Å². The van der Waals surface area contributed by atoms with E-state index in [9.17, 15) is 0 Å². The van der Waals surface area contributed by atoms with E-state index in [1.807, 2.05) is 13.0 Å². The molecule has 6 nitrogen and oxygen atoms in total. The number of anilines is 3. The Kier molecular flexibility index (Phi) is 4.33. The van der Waals surface area contributed by atoms with Gasteiger partial charge in [-0.25, -0.2) is 4.98 Å². The summed E-state index contributed by atoms with van der Waals surface area (Å²) >= 11 is 0. The molecule has 0 aromatic carbocycles. The van der Waals surface area contributed by atoms with Gasteiger partial charge < -0.3 is 15.2 Å². The van der Waals surface area contributed by atoms with Crippen LogP contribution in [0.25, 0.3) is 0 Å². The first-order chi connectivity index (χ1) is 9.13. The van der Waals surface area contributed by atoms with Crippen molar-refractivity contribution in [2.24, 2.45) is 5.92 Å². The normalized spacial score (nSPS) is 10.7. The maximum atomic E-state index is 4.99. The van der Waals surface area contributed by atoms with Crippen LogP contribution in [0, 0.1) is 12.8 Å². The summed E-state index contributed by atoms with van der Waals surface area (Å²) < 4.78 is 4.99. The molecule has 2 rings (SSSR count). The van der Waals surface area contributed by atoms with E-state index in [0.29, 0.717) is 23.5 Å². The third kappa shape index (κ3) is 4.24. The highest BCUT2D eigenvalue weighted by Crippen LogP contribution is 2.14. The summed E-state index contributed by atoms with van der Waals surface area (Å²) in [5.41, 5.74) is 0. The Hall–Kier alpha value is -2.11. The number of hydrogen-bond donors (Lipinski definition) is 2. The monoisotopic (exact) mass is 261 g/mol. The smallest absolute Gasteiger partial charge is 0.224 e. The quantitative estimate of drug-likeness (QED) is 0.832. The van der Waals surface area contributed by atoms with Gasteiger partial charge in [-0.2, -0.15) is 4.98 Å². The lowest BCUT2D eigenvalue weighted by molar-refractivity contribution is 0.400. The molecule has 0 saturated heterocycles. The predicted octanol–water partition coefficient (Wildman–Crippen LogP) is 2.97. The first-order valence-corrected chi connectivity index (χ1v) is 6.41. The highest BCUT2D eigenvalue weighted by atomic mass is 16.5. The summed E-state index contributed by atoms with van der Waals surface area (Å²) in [6, 6.07) is 3.60. The summed E-state index contributed by atoms with van der Waals surface area (Å²) in [4.78, 5) is 8.54. The molecule has 102 valence electrons. The molecule has 6 heteroatoms. The molecule has 0 unspecified atom stereocenters. The molecule has 0 fully saturated rings. The second-order valence-electron chi connectivity index (χ2n) is 4.82. The van der Waals surface area contributed by atoms with E-state index < -0.39 is 0 Å². The second-order valence-corrected chi connectivity index (χ2v) is 4.82. The minimum absolute atomic E-state index is 0.617. The summed E-state index contributed by atoms with van der Waals surface area (Å²) in [7, 11) is 0. The van der Waals surface area contributed by atoms with Gasteiger partial charge in [0.2, 0.25) is 5.95 Å². The molecule has 2 N–H and O–H groups in total. The van der Waals surface area contributed by atoms with Crippen molar-refractivity contribution in [3.05, 3.63) is 24.1 Å². The number of rotatable bonds is 6. The Labute approximate surface area is 112 Å². The summed E-state index contributed by atoms with van der Waals surface area (Å²) in [5.74, 6) is 3.37. The van der Waals surface area contributed by atoms with Crippen LogP contribution in [-0.2, 0) is 0 Å². The predicted molar refractivity (Wildman–Crippen MR) is 74.5 cm³/mol. The van der Waals surface area contributed by atoms with E-state index in [-0.39, 0.29) is 0 Å². The van der Waals surface area contributed by atoms with Gasteiger partial charge in [0, 0.05) is 18.8 Å². The lowest BCUT2D eigenvalue weighted by Crippen LogP contribution is -2.08. The Morgan fingerprint density at radius 1 is 1.32 bits per heavy atom. The average molecular weight is 261 g/mol. The van der Waals surface area contributed by atoms with Gasteiger partial charge in [-0.05, 0) is 25.3 Å². The molecular weight excluding hydrogens is 242 g/mol. The average Bonchev–Trinajstić information content (AvgIpc) is 2.75. The zero-order valence-electron chi connectivity index (χ0n) is 11.5. The molecule has 0 amide bonds. The molecule has 0 spiro atoms. The summed E-state index contributed by atoms with van der Waals surface area (Å²) in [6.45, 7) is 7.09. The third-order valence-electron chi connectivity index (χ3n) is 2.54. The molecule has 2 aromatic heterocycles. The standard InChI is InChI=1S/C13H19N5O/c1-9(2)4-6-14-13-15-7-5-11(17-13)16-12-8-10(3)19-18-12/h5,7-9H,4,6H2,1-3H3,(H2,14,15,16,17,18). The summed E-state index contributed by atoms with van der Waals surface area (Å²) in [6.07, 6.45) is 2.80. The van der Waals surface area contributed by atoms with Crippen LogP contribution in [0.1, 0.15) is 26.0 Å². The van der Waals surface area contributed by atoms with Crippen molar-refractivity contribution in [1.82, 2.24) is 15.1 Å². The van der Waals surface area contributed by atoms with E-state index >= 15 is 0 Å². The van der Waals surface area contributed by atoms with E-state index in [1.165, 1.54) is 0 Å². The van der Waals surface area contributed by atoms with Gasteiger partial charge >= 0.3 is 0 Å². The van der Waals surface area contributed by atoms with Gasteiger partial charge in [0.15, 0.2) is 5.82 Å². The Morgan fingerprint density at radius 2 is 2.16 bits per heavy atom. The van der Waals surface area contributed by atoms with Crippen LogP contribution in [-0.4, -0.2) is 21.7 Å². The fourth-order valence-corrected chi connectivity index (χ4v) is 1.54. The molecule has 2 heterocycles. The van der Waals surface area contributed by atoms with Gasteiger partial charge in [0.1, 0.15) is 11.6 Å². The number of aryl methyl sites for hydroxylation is 1. The zero-order valence-corrected chi connectivity index (χ0v) is 11.5. The van der Waals surface area contributed by atoms with Gasteiger partial charge in [0.25, 0.3) is 0 Å². The first kappa shape index (κ1) is 13.3. The van der Waals surface area contributed by atoms with Crippen molar-refractivity contribution < 1.29 is 4.52 Å². The zero-order chi connectivity index (χ0) is 13.7. The van der Waals surface area contributed by atoms with Gasteiger partial charge in [0.05, 0.1) is 0 Å². The third-order valence-corrected chi connectivity index (χ3v) is 2.54. The highest BCUT2D eigenvalue weighted by Gasteiger charge is 2.03. The molecule has 0 aliphatic heterocycles. The van der Waals surface area contributed by atoms with E-state index in [1.54, 1.807) is 12.3 Å². The number of hydrogen-bond acceptors (Lipinski definition) is 6. The van der Waals surface area contributed by atoms with Crippen LogP contribution < -0.4 is 10.6 Å². The van der Waals surface area contributed by atoms with Crippen molar-refractivity contribution in [2.75, 3.05) is 17.2 Å². The van der Waals surface area contributed by atoms with Crippen LogP contribution in [0.3, 0.4) is 0 Å². The molecule has 0 bridgehead atoms. The minimum Gasteiger partial charge on any atom is -0.360 e. The molecule has 0 atom stereocenters. The first-order valence-electron chi connectivity index (χ1n) is 6.41. The van der Waals surface area contributed by atoms with E-state index in [0.717, 1.165) is 18.7 Å². The van der Waals surface area contributed by atoms with Gasteiger partial charge in [-0.15, -0.1) is 0 Å². The van der Waals surface area contributed by atoms with Crippen LogP contribution in [0.5, 0.6) is 0 Å². The van der Waals surface area contributed by atoms with Crippen molar-refractivity contribution in [1.29, 1.82) is 0 Å². The van der Waals surface area contributed by atoms with Crippen LogP contribution in [0.4, 0.5) is 17.6 Å². The summed E-state index contributed by atoms with van der Waals surface area (Å²) in [5, 5.41) is 10.1. The lowest BCUT2D eigenvalue weighted by Gasteiger charge is -2.08. The lowest BCUT2D eigenvalue weighted by atomic mass is 10.1. The molecule has 0 radical (unpaired) electrons. The maximum Gasteiger partial charge on any atom is 0.224 e. The molecule has 19 heavy (non-hydrogen) atoms. The number of nitrogens with one attached hydrogen (secondary N) is 2. The van der Waals surface area contributed by atoms with Gasteiger partial charge in [-0.1, -0.05) is 19.0 Å². The second kappa shape index (κ2) is 6.17. The number of nitrogens with zero attached hydrogens (tertiary/aromatic N) is 3. The molecule has 0 aliphatic carbocycles. The van der Waals surface area contributed by atoms with Gasteiger partial charge in [-0.3, -0.25) is 0 Å². The highest BCUT2D eigenvalue weighted by molar-refractivity contribution is 5.52. The number of aromatic nitrogens is 3. The van der Waals surface area contributed by atoms with Crippen molar-refractivity contribution in [2.45, 2.75) is 27.2 Å². The SMILES string of the molecule is Cc1cc(Nc2ccnc(NCCC(C)C)n2)no1. The Balaban J connectivity index is 1.95. The molecular formula is C13H19N5O. The van der Waals surface area contributed by atoms with E-state index in [4.69, 9.17) is 4.52 Å². The van der Waals surface area contributed by atoms with Crippen LogP contribution in [0.15, 0.2) is 22.9 Å². The fourth-order valence-electron chi connectivity index (χ4n) is 1.54. The largest absolute Gasteiger partial charge is 0.360 e. The molecule has 0 aliphatic rings. The molecule has 0 saturated carbocycles. The Morgan fingerprint density at radius 3 is 2.84 bits per heavy atom. The Bertz CT molecular complexity index is 523. The van der Waals surface area contributed by atoms with Crippen molar-refractivity contribution >= 4 is 17.6 Å². The van der Waals surface area contributed by atoms with Crippen molar-refractivity contribution in [3.63, 3.8) is 0 Å². The van der Waals surface area contributed by atoms with Crippen molar-refractivity contribution in [3.8, 4) is 0 Å². The topological polar surface area (TPSA) is 75.9 Å². The maximum absolute atomic E-state index is 4.99. The van der Waals surface area contributed by atoms with E-state index in [2.05, 4.69) is 39.6 Å². The minimum atomic E-state index is 0.617.